The van der Waals surface area contributed by atoms with Gasteiger partial charge in [0, 0.05) is 30.0 Å². The Bertz CT molecular complexity index is 670. The number of hydrogen-bond acceptors (Lipinski definition) is 2. The zero-order valence-electron chi connectivity index (χ0n) is 11.3. The van der Waals surface area contributed by atoms with Crippen LogP contribution in [-0.4, -0.2) is 9.38 Å². The summed E-state index contributed by atoms with van der Waals surface area (Å²) in [5.74, 6) is 0. The third kappa shape index (κ3) is 2.84. The van der Waals surface area contributed by atoms with E-state index in [1.807, 2.05) is 53.1 Å². The Hall–Kier alpha value is -1.84. The van der Waals surface area contributed by atoms with Crippen molar-refractivity contribution in [2.45, 2.75) is 19.5 Å². The molecule has 20 heavy (non-hydrogen) atoms. The molecule has 0 spiro atoms. The van der Waals surface area contributed by atoms with Crippen LogP contribution in [0.1, 0.15) is 24.2 Å². The number of nitrogens with zero attached hydrogens (tertiary/aromatic N) is 2. The SMILES string of the molecule is C[C@H](NCc1cn2ccccc2n1)c1ccc(Cl)cc1. The number of hydrogen-bond donors (Lipinski definition) is 1. The summed E-state index contributed by atoms with van der Waals surface area (Å²) < 4.78 is 2.03. The first-order valence-corrected chi connectivity index (χ1v) is 7.01. The highest BCUT2D eigenvalue weighted by molar-refractivity contribution is 6.30. The molecule has 2 aromatic heterocycles. The summed E-state index contributed by atoms with van der Waals surface area (Å²) in [4.78, 5) is 4.57. The quantitative estimate of drug-likeness (QED) is 0.789. The van der Waals surface area contributed by atoms with Crippen molar-refractivity contribution in [1.29, 1.82) is 0 Å². The fourth-order valence-electron chi connectivity index (χ4n) is 2.20. The fraction of sp³-hybridized carbons (Fsp3) is 0.188. The van der Waals surface area contributed by atoms with Gasteiger partial charge in [-0.2, -0.15) is 0 Å². The molecule has 102 valence electrons. The third-order valence-electron chi connectivity index (χ3n) is 3.37. The summed E-state index contributed by atoms with van der Waals surface area (Å²) in [5, 5.41) is 4.24. The van der Waals surface area contributed by atoms with Gasteiger partial charge in [0.25, 0.3) is 0 Å². The minimum atomic E-state index is 0.261. The van der Waals surface area contributed by atoms with Crippen molar-refractivity contribution in [2.75, 3.05) is 0 Å². The number of rotatable bonds is 4. The molecule has 0 amide bonds. The molecule has 3 aromatic rings. The monoisotopic (exact) mass is 285 g/mol. The maximum Gasteiger partial charge on any atom is 0.137 e. The predicted octanol–water partition coefficient (Wildman–Crippen LogP) is 3.84. The Morgan fingerprint density at radius 3 is 2.75 bits per heavy atom. The Morgan fingerprint density at radius 1 is 1.20 bits per heavy atom. The van der Waals surface area contributed by atoms with E-state index < -0.39 is 0 Å². The number of nitrogens with one attached hydrogen (secondary N) is 1. The number of benzene rings is 1. The summed E-state index contributed by atoms with van der Waals surface area (Å²) in [6.07, 6.45) is 4.06. The van der Waals surface area contributed by atoms with E-state index >= 15 is 0 Å². The molecule has 0 fully saturated rings. The van der Waals surface area contributed by atoms with E-state index in [4.69, 9.17) is 11.6 Å². The highest BCUT2D eigenvalue weighted by atomic mass is 35.5. The highest BCUT2D eigenvalue weighted by Gasteiger charge is 2.06. The lowest BCUT2D eigenvalue weighted by molar-refractivity contribution is 0.569. The number of imidazole rings is 1. The molecular formula is C16H16ClN3. The van der Waals surface area contributed by atoms with Gasteiger partial charge in [0.2, 0.25) is 0 Å². The van der Waals surface area contributed by atoms with E-state index in [0.717, 1.165) is 22.9 Å². The molecule has 4 heteroatoms. The third-order valence-corrected chi connectivity index (χ3v) is 3.63. The molecule has 0 radical (unpaired) electrons. The number of fused-ring (bicyclic) bond motifs is 1. The molecule has 2 heterocycles. The molecule has 3 rings (SSSR count). The molecule has 3 nitrogen and oxygen atoms in total. The summed E-state index contributed by atoms with van der Waals surface area (Å²) in [5.41, 5.74) is 3.23. The average molecular weight is 286 g/mol. The van der Waals surface area contributed by atoms with Gasteiger partial charge in [-0.05, 0) is 36.8 Å². The molecule has 0 bridgehead atoms. The van der Waals surface area contributed by atoms with Gasteiger partial charge >= 0.3 is 0 Å². The maximum atomic E-state index is 5.90. The van der Waals surface area contributed by atoms with Gasteiger partial charge in [-0.25, -0.2) is 4.98 Å². The second-order valence-electron chi connectivity index (χ2n) is 4.85. The van der Waals surface area contributed by atoms with Gasteiger partial charge in [-0.15, -0.1) is 0 Å². The Morgan fingerprint density at radius 2 is 2.00 bits per heavy atom. The Balaban J connectivity index is 1.68. The number of halogens is 1. The van der Waals surface area contributed by atoms with Gasteiger partial charge in [0.15, 0.2) is 0 Å². The normalized spacial score (nSPS) is 12.7. The van der Waals surface area contributed by atoms with Crippen molar-refractivity contribution >= 4 is 17.2 Å². The molecule has 0 saturated heterocycles. The first-order valence-electron chi connectivity index (χ1n) is 6.64. The molecule has 1 N–H and O–H groups in total. The lowest BCUT2D eigenvalue weighted by atomic mass is 10.1. The second kappa shape index (κ2) is 5.65. The van der Waals surface area contributed by atoms with Crippen LogP contribution >= 0.6 is 11.6 Å². The van der Waals surface area contributed by atoms with Gasteiger partial charge in [0.05, 0.1) is 5.69 Å². The lowest BCUT2D eigenvalue weighted by Crippen LogP contribution is -2.18. The van der Waals surface area contributed by atoms with Gasteiger partial charge in [-0.1, -0.05) is 29.8 Å². The van der Waals surface area contributed by atoms with Crippen molar-refractivity contribution in [3.63, 3.8) is 0 Å². The van der Waals surface area contributed by atoms with Crippen LogP contribution in [0.25, 0.3) is 5.65 Å². The largest absolute Gasteiger partial charge is 0.307 e. The highest BCUT2D eigenvalue weighted by Crippen LogP contribution is 2.16. The predicted molar refractivity (Wildman–Crippen MR) is 81.9 cm³/mol. The maximum absolute atomic E-state index is 5.90. The van der Waals surface area contributed by atoms with Gasteiger partial charge < -0.3 is 9.72 Å². The molecule has 1 aromatic carbocycles. The zero-order valence-corrected chi connectivity index (χ0v) is 12.0. The smallest absolute Gasteiger partial charge is 0.137 e. The second-order valence-corrected chi connectivity index (χ2v) is 5.29. The first-order chi connectivity index (χ1) is 9.72. The van der Waals surface area contributed by atoms with E-state index in [1.54, 1.807) is 0 Å². The molecule has 0 saturated carbocycles. The topological polar surface area (TPSA) is 29.3 Å². The number of aromatic nitrogens is 2. The van der Waals surface area contributed by atoms with E-state index in [9.17, 15) is 0 Å². The minimum Gasteiger partial charge on any atom is -0.307 e. The van der Waals surface area contributed by atoms with Crippen LogP contribution in [0.15, 0.2) is 54.9 Å². The van der Waals surface area contributed by atoms with Crippen molar-refractivity contribution in [3.05, 3.63) is 71.1 Å². The summed E-state index contributed by atoms with van der Waals surface area (Å²) in [7, 11) is 0. The van der Waals surface area contributed by atoms with E-state index in [1.165, 1.54) is 5.56 Å². The van der Waals surface area contributed by atoms with Gasteiger partial charge in [0.1, 0.15) is 5.65 Å². The van der Waals surface area contributed by atoms with Crippen molar-refractivity contribution in [2.24, 2.45) is 0 Å². The molecule has 0 aliphatic heterocycles. The van der Waals surface area contributed by atoms with E-state index in [-0.39, 0.29) is 6.04 Å². The minimum absolute atomic E-state index is 0.261. The molecule has 0 aliphatic carbocycles. The van der Waals surface area contributed by atoms with Crippen molar-refractivity contribution in [3.8, 4) is 0 Å². The molecule has 0 aliphatic rings. The molecular weight excluding hydrogens is 270 g/mol. The van der Waals surface area contributed by atoms with Crippen LogP contribution in [0, 0.1) is 0 Å². The van der Waals surface area contributed by atoms with Crippen molar-refractivity contribution in [1.82, 2.24) is 14.7 Å². The first kappa shape index (κ1) is 13.2. The van der Waals surface area contributed by atoms with Crippen LogP contribution in [0.4, 0.5) is 0 Å². The zero-order chi connectivity index (χ0) is 13.9. The van der Waals surface area contributed by atoms with Crippen molar-refractivity contribution < 1.29 is 0 Å². The fourth-order valence-corrected chi connectivity index (χ4v) is 2.33. The van der Waals surface area contributed by atoms with Crippen LogP contribution < -0.4 is 5.32 Å². The standard InChI is InChI=1S/C16H16ClN3/c1-12(13-5-7-14(17)8-6-13)18-10-15-11-20-9-3-2-4-16(20)19-15/h2-9,11-12,18H,10H2,1H3/t12-/m0/s1. The van der Waals surface area contributed by atoms with E-state index in [0.29, 0.717) is 0 Å². The average Bonchev–Trinajstić information content (AvgIpc) is 2.88. The van der Waals surface area contributed by atoms with E-state index in [2.05, 4.69) is 23.4 Å². The number of pyridine rings is 1. The van der Waals surface area contributed by atoms with Crippen LogP contribution in [-0.2, 0) is 6.54 Å². The summed E-state index contributed by atoms with van der Waals surface area (Å²) in [6, 6.07) is 14.2. The van der Waals surface area contributed by atoms with Crippen LogP contribution in [0.2, 0.25) is 5.02 Å². The van der Waals surface area contributed by atoms with Gasteiger partial charge in [-0.3, -0.25) is 0 Å². The lowest BCUT2D eigenvalue weighted by Gasteiger charge is -2.13. The Labute approximate surface area is 123 Å². The summed E-state index contributed by atoms with van der Waals surface area (Å²) in [6.45, 7) is 2.88. The molecule has 1 atom stereocenters. The molecule has 0 unspecified atom stereocenters. The van der Waals surface area contributed by atoms with Crippen LogP contribution in [0.5, 0.6) is 0 Å². The van der Waals surface area contributed by atoms with Crippen LogP contribution in [0.3, 0.4) is 0 Å². The summed E-state index contributed by atoms with van der Waals surface area (Å²) >= 11 is 5.90. The Kier molecular flexibility index (Phi) is 3.72.